The Bertz CT molecular complexity index is 672. The average Bonchev–Trinajstić information content (AvgIpc) is 2.36. The number of hydrogen-bond acceptors (Lipinski definition) is 4. The molecular formula is C17H21N3OS. The fourth-order valence-electron chi connectivity index (χ4n) is 1.80. The van der Waals surface area contributed by atoms with Gasteiger partial charge in [-0.15, -0.1) is 0 Å². The van der Waals surface area contributed by atoms with Crippen LogP contribution in [-0.4, -0.2) is 15.9 Å². The van der Waals surface area contributed by atoms with Gasteiger partial charge in [-0.3, -0.25) is 4.79 Å². The summed E-state index contributed by atoms with van der Waals surface area (Å²) in [5.74, 6) is -0.00250. The molecule has 1 aromatic carbocycles. The summed E-state index contributed by atoms with van der Waals surface area (Å²) in [5, 5.41) is 3.66. The lowest BCUT2D eigenvalue weighted by molar-refractivity contribution is -0.123. The molecule has 1 heterocycles. The van der Waals surface area contributed by atoms with Crippen LogP contribution >= 0.6 is 11.8 Å². The Morgan fingerprint density at radius 3 is 2.32 bits per heavy atom. The Morgan fingerprint density at radius 1 is 1.09 bits per heavy atom. The van der Waals surface area contributed by atoms with Crippen molar-refractivity contribution >= 4 is 23.4 Å². The van der Waals surface area contributed by atoms with Crippen molar-refractivity contribution in [2.45, 2.75) is 44.7 Å². The number of carbonyl (C=O) groups excluding carboxylic acids is 1. The lowest BCUT2D eigenvalue weighted by atomic mass is 9.95. The number of aromatic nitrogens is 2. The van der Waals surface area contributed by atoms with Crippen molar-refractivity contribution in [3.05, 3.63) is 41.7 Å². The van der Waals surface area contributed by atoms with E-state index in [4.69, 9.17) is 0 Å². The van der Waals surface area contributed by atoms with E-state index < -0.39 is 5.41 Å². The largest absolute Gasteiger partial charge is 0.326 e. The molecule has 1 aromatic heterocycles. The van der Waals surface area contributed by atoms with Gasteiger partial charge in [0.2, 0.25) is 5.91 Å². The van der Waals surface area contributed by atoms with E-state index in [1.165, 1.54) is 11.8 Å². The molecule has 0 aliphatic heterocycles. The number of carbonyl (C=O) groups is 1. The van der Waals surface area contributed by atoms with Crippen LogP contribution < -0.4 is 5.32 Å². The van der Waals surface area contributed by atoms with Crippen molar-refractivity contribution in [2.24, 2.45) is 5.41 Å². The van der Waals surface area contributed by atoms with Gasteiger partial charge >= 0.3 is 0 Å². The van der Waals surface area contributed by atoms with E-state index in [-0.39, 0.29) is 5.91 Å². The zero-order valence-corrected chi connectivity index (χ0v) is 14.4. The standard InChI is InChI=1S/C17H21N3OS/c1-11-9-12(2)19-16(18-11)22-14-8-6-7-13(10-14)20-15(21)17(3,4)5/h6-10H,1-5H3,(H,20,21). The van der Waals surface area contributed by atoms with Crippen LogP contribution in [0, 0.1) is 19.3 Å². The maximum absolute atomic E-state index is 12.1. The van der Waals surface area contributed by atoms with E-state index in [0.717, 1.165) is 27.1 Å². The first-order valence-electron chi connectivity index (χ1n) is 7.16. The predicted octanol–water partition coefficient (Wildman–Crippen LogP) is 4.23. The van der Waals surface area contributed by atoms with Gasteiger partial charge in [-0.1, -0.05) is 26.8 Å². The first-order valence-corrected chi connectivity index (χ1v) is 7.97. The maximum atomic E-state index is 12.1. The molecule has 4 nitrogen and oxygen atoms in total. The Morgan fingerprint density at radius 2 is 1.73 bits per heavy atom. The number of nitrogens with zero attached hydrogens (tertiary/aromatic N) is 2. The van der Waals surface area contributed by atoms with Crippen molar-refractivity contribution in [2.75, 3.05) is 5.32 Å². The van der Waals surface area contributed by atoms with Gasteiger partial charge in [-0.25, -0.2) is 9.97 Å². The molecule has 0 atom stereocenters. The Balaban J connectivity index is 2.16. The Hall–Kier alpha value is -1.88. The molecule has 0 saturated carbocycles. The highest BCUT2D eigenvalue weighted by molar-refractivity contribution is 7.99. The summed E-state index contributed by atoms with van der Waals surface area (Å²) in [6.07, 6.45) is 0. The van der Waals surface area contributed by atoms with Gasteiger partial charge in [0.15, 0.2) is 5.16 Å². The van der Waals surface area contributed by atoms with E-state index in [1.54, 1.807) is 0 Å². The van der Waals surface area contributed by atoms with Crippen molar-refractivity contribution in [3.8, 4) is 0 Å². The maximum Gasteiger partial charge on any atom is 0.229 e. The number of anilines is 1. The first kappa shape index (κ1) is 16.5. The Labute approximate surface area is 135 Å². The minimum absolute atomic E-state index is 0.00250. The van der Waals surface area contributed by atoms with Gasteiger partial charge in [0.05, 0.1) is 0 Å². The number of aryl methyl sites for hydroxylation is 2. The molecule has 1 N–H and O–H groups in total. The molecule has 0 spiro atoms. The number of rotatable bonds is 3. The van der Waals surface area contributed by atoms with Crippen LogP contribution in [0.4, 0.5) is 5.69 Å². The smallest absolute Gasteiger partial charge is 0.229 e. The lowest BCUT2D eigenvalue weighted by Crippen LogP contribution is -2.27. The highest BCUT2D eigenvalue weighted by Crippen LogP contribution is 2.28. The number of nitrogens with one attached hydrogen (secondary N) is 1. The highest BCUT2D eigenvalue weighted by Gasteiger charge is 2.21. The summed E-state index contributed by atoms with van der Waals surface area (Å²) in [5.41, 5.74) is 2.27. The van der Waals surface area contributed by atoms with E-state index >= 15 is 0 Å². The quantitative estimate of drug-likeness (QED) is 0.861. The molecule has 22 heavy (non-hydrogen) atoms. The van der Waals surface area contributed by atoms with E-state index in [0.29, 0.717) is 0 Å². The van der Waals surface area contributed by atoms with Gasteiger partial charge < -0.3 is 5.32 Å². The van der Waals surface area contributed by atoms with Gasteiger partial charge in [0, 0.05) is 27.4 Å². The predicted molar refractivity (Wildman–Crippen MR) is 90.2 cm³/mol. The third kappa shape index (κ3) is 4.56. The molecule has 0 fully saturated rings. The van der Waals surface area contributed by atoms with Gasteiger partial charge in [0.1, 0.15) is 0 Å². The van der Waals surface area contributed by atoms with Crippen LogP contribution in [0.15, 0.2) is 40.4 Å². The topological polar surface area (TPSA) is 54.9 Å². The molecule has 0 aliphatic carbocycles. The molecule has 5 heteroatoms. The molecule has 0 bridgehead atoms. The van der Waals surface area contributed by atoms with Crippen molar-refractivity contribution in [1.82, 2.24) is 9.97 Å². The second-order valence-electron chi connectivity index (χ2n) is 6.27. The fourth-order valence-corrected chi connectivity index (χ4v) is 2.72. The molecular weight excluding hydrogens is 294 g/mol. The van der Waals surface area contributed by atoms with Crippen LogP contribution in [0.2, 0.25) is 0 Å². The van der Waals surface area contributed by atoms with Crippen molar-refractivity contribution < 1.29 is 4.79 Å². The van der Waals surface area contributed by atoms with E-state index in [2.05, 4.69) is 15.3 Å². The molecule has 116 valence electrons. The van der Waals surface area contributed by atoms with Crippen LogP contribution in [0.3, 0.4) is 0 Å². The molecule has 2 rings (SSSR count). The third-order valence-electron chi connectivity index (χ3n) is 2.94. The lowest BCUT2D eigenvalue weighted by Gasteiger charge is -2.17. The molecule has 0 unspecified atom stereocenters. The molecule has 1 amide bonds. The summed E-state index contributed by atoms with van der Waals surface area (Å²) >= 11 is 1.49. The molecule has 0 aliphatic rings. The van der Waals surface area contributed by atoms with Gasteiger partial charge in [0.25, 0.3) is 0 Å². The summed E-state index contributed by atoms with van der Waals surface area (Å²) in [7, 11) is 0. The van der Waals surface area contributed by atoms with Crippen LogP contribution in [-0.2, 0) is 4.79 Å². The summed E-state index contributed by atoms with van der Waals surface area (Å²) < 4.78 is 0. The number of hydrogen-bond donors (Lipinski definition) is 1. The summed E-state index contributed by atoms with van der Waals surface area (Å²) in [6, 6.07) is 9.68. The monoisotopic (exact) mass is 315 g/mol. The zero-order chi connectivity index (χ0) is 16.3. The zero-order valence-electron chi connectivity index (χ0n) is 13.6. The van der Waals surface area contributed by atoms with Crippen LogP contribution in [0.25, 0.3) is 0 Å². The summed E-state index contributed by atoms with van der Waals surface area (Å²) in [6.45, 7) is 9.59. The van der Waals surface area contributed by atoms with E-state index in [1.807, 2.05) is 65.0 Å². The van der Waals surface area contributed by atoms with Crippen LogP contribution in [0.5, 0.6) is 0 Å². The minimum atomic E-state index is -0.417. The van der Waals surface area contributed by atoms with Gasteiger partial charge in [-0.2, -0.15) is 0 Å². The fraction of sp³-hybridized carbons (Fsp3) is 0.353. The van der Waals surface area contributed by atoms with E-state index in [9.17, 15) is 4.79 Å². The highest BCUT2D eigenvalue weighted by atomic mass is 32.2. The normalized spacial score (nSPS) is 11.3. The SMILES string of the molecule is Cc1cc(C)nc(Sc2cccc(NC(=O)C(C)(C)C)c2)n1. The molecule has 0 radical (unpaired) electrons. The average molecular weight is 315 g/mol. The van der Waals surface area contributed by atoms with Crippen molar-refractivity contribution in [3.63, 3.8) is 0 Å². The third-order valence-corrected chi connectivity index (χ3v) is 3.80. The van der Waals surface area contributed by atoms with Crippen molar-refractivity contribution in [1.29, 1.82) is 0 Å². The number of benzene rings is 1. The first-order chi connectivity index (χ1) is 10.2. The second kappa shape index (κ2) is 6.48. The minimum Gasteiger partial charge on any atom is -0.326 e. The second-order valence-corrected chi connectivity index (χ2v) is 7.31. The summed E-state index contributed by atoms with van der Waals surface area (Å²) in [4.78, 5) is 21.9. The van der Waals surface area contributed by atoms with Crippen LogP contribution in [0.1, 0.15) is 32.2 Å². The van der Waals surface area contributed by atoms with Gasteiger partial charge in [-0.05, 0) is 49.9 Å². The number of amides is 1. The molecule has 2 aromatic rings. The molecule has 0 saturated heterocycles. The Kier molecular flexibility index (Phi) is 4.86.